The summed E-state index contributed by atoms with van der Waals surface area (Å²) in [5, 5.41) is 4.20. The van der Waals surface area contributed by atoms with E-state index in [0.717, 1.165) is 11.4 Å². The molecule has 290 valence electrons. The Morgan fingerprint density at radius 2 is 0.787 bits per heavy atom. The van der Waals surface area contributed by atoms with E-state index in [2.05, 4.69) is 253 Å². The molecule has 0 aliphatic carbocycles. The molecule has 0 N–H and O–H groups in total. The Balaban J connectivity index is 1.03. The third kappa shape index (κ3) is 6.33. The lowest BCUT2D eigenvalue weighted by atomic mass is 9.98. The van der Waals surface area contributed by atoms with E-state index >= 15 is 0 Å². The van der Waals surface area contributed by atoms with E-state index in [0.29, 0.717) is 0 Å². The fourth-order valence-corrected chi connectivity index (χ4v) is 12.7. The van der Waals surface area contributed by atoms with E-state index in [4.69, 9.17) is 0 Å². The topological polar surface area (TPSA) is 8.17 Å². The van der Waals surface area contributed by atoms with Gasteiger partial charge in [-0.15, -0.1) is 0 Å². The zero-order valence-corrected chi connectivity index (χ0v) is 35.3. The first-order valence-corrected chi connectivity index (χ1v) is 24.2. The van der Waals surface area contributed by atoms with Gasteiger partial charge in [-0.3, -0.25) is 0 Å². The predicted molar refractivity (Wildman–Crippen MR) is 262 cm³/mol. The fraction of sp³-hybridized carbons (Fsp3) is 0.0345. The molecule has 0 atom stereocenters. The molecule has 0 bridgehead atoms. The van der Waals surface area contributed by atoms with Crippen LogP contribution in [0.5, 0.6) is 0 Å². The summed E-state index contributed by atoms with van der Waals surface area (Å²) in [6, 6.07) is 84.4. The lowest BCUT2D eigenvalue weighted by Gasteiger charge is -2.28. The van der Waals surface area contributed by atoms with Crippen LogP contribution in [-0.4, -0.2) is 12.6 Å². The number of fused-ring (bicyclic) bond motifs is 4. The highest BCUT2D eigenvalue weighted by molar-refractivity contribution is 7.03. The first kappa shape index (κ1) is 36.6. The highest BCUT2D eigenvalue weighted by atomic mass is 28.3. The van der Waals surface area contributed by atoms with Gasteiger partial charge in [0.15, 0.2) is 0 Å². The van der Waals surface area contributed by atoms with Gasteiger partial charge < -0.3 is 9.47 Å². The van der Waals surface area contributed by atoms with Crippen molar-refractivity contribution in [2.75, 3.05) is 4.90 Å². The third-order valence-electron chi connectivity index (χ3n) is 12.6. The van der Waals surface area contributed by atoms with Crippen LogP contribution in [0.15, 0.2) is 231 Å². The second-order valence-corrected chi connectivity index (χ2v) is 20.9. The monoisotopic (exact) mass is 796 g/mol. The van der Waals surface area contributed by atoms with Crippen molar-refractivity contribution < 1.29 is 0 Å². The fourth-order valence-electron chi connectivity index (χ4n) is 9.58. The molecule has 0 fully saturated rings. The van der Waals surface area contributed by atoms with Crippen molar-refractivity contribution in [1.82, 2.24) is 4.57 Å². The maximum atomic E-state index is 2.53. The van der Waals surface area contributed by atoms with Crippen molar-refractivity contribution in [1.29, 1.82) is 0 Å². The number of aromatic nitrogens is 1. The van der Waals surface area contributed by atoms with E-state index in [-0.39, 0.29) is 0 Å². The van der Waals surface area contributed by atoms with Crippen molar-refractivity contribution in [2.24, 2.45) is 0 Å². The standard InChI is InChI=1S/C58H44N2Si/c1-61(2)55-39-49(59(47-31-27-43(28-32-47)41-17-7-3-8-18-41)48-33-29-44(30-34-48)42-19-9-4-10-20-42)35-37-51(55)52-38-36-50(40-56(52)61)60-54-26-16-15-25-53(54)57(45-21-11-5-12-22-45)58(60)46-23-13-6-14-24-46/h3-40H,1-2H3. The lowest BCUT2D eigenvalue weighted by molar-refractivity contribution is 1.14. The Labute approximate surface area is 359 Å². The number of anilines is 3. The number of para-hydroxylation sites is 1. The molecule has 1 aromatic heterocycles. The zero-order valence-electron chi connectivity index (χ0n) is 34.3. The van der Waals surface area contributed by atoms with E-state index in [1.165, 1.54) is 88.4 Å². The molecule has 0 unspecified atom stereocenters. The van der Waals surface area contributed by atoms with Crippen LogP contribution in [0.2, 0.25) is 13.1 Å². The summed E-state index contributed by atoms with van der Waals surface area (Å²) in [6.07, 6.45) is 0. The van der Waals surface area contributed by atoms with E-state index < -0.39 is 8.07 Å². The minimum atomic E-state index is -2.19. The number of rotatable bonds is 8. The van der Waals surface area contributed by atoms with Crippen LogP contribution >= 0.6 is 0 Å². The van der Waals surface area contributed by atoms with Gasteiger partial charge in [0.05, 0.1) is 11.2 Å². The lowest BCUT2D eigenvalue weighted by Crippen LogP contribution is -2.49. The van der Waals surface area contributed by atoms with Crippen molar-refractivity contribution in [3.05, 3.63) is 231 Å². The summed E-state index contributed by atoms with van der Waals surface area (Å²) in [5.41, 5.74) is 18.3. The van der Waals surface area contributed by atoms with Crippen LogP contribution in [0.1, 0.15) is 0 Å². The summed E-state index contributed by atoms with van der Waals surface area (Å²) in [5.74, 6) is 0. The molecule has 2 heterocycles. The molecule has 0 amide bonds. The third-order valence-corrected chi connectivity index (χ3v) is 16.1. The highest BCUT2D eigenvalue weighted by Gasteiger charge is 2.38. The van der Waals surface area contributed by atoms with Crippen molar-refractivity contribution in [2.45, 2.75) is 13.1 Å². The molecule has 3 heteroatoms. The molecule has 9 aromatic carbocycles. The molecule has 0 saturated carbocycles. The minimum Gasteiger partial charge on any atom is -0.311 e. The number of hydrogen-bond acceptors (Lipinski definition) is 1. The highest BCUT2D eigenvalue weighted by Crippen LogP contribution is 2.44. The Morgan fingerprint density at radius 3 is 1.34 bits per heavy atom. The van der Waals surface area contributed by atoms with Gasteiger partial charge in [-0.1, -0.05) is 189 Å². The van der Waals surface area contributed by atoms with Gasteiger partial charge in [-0.05, 0) is 109 Å². The molecule has 0 radical (unpaired) electrons. The second kappa shape index (κ2) is 15.0. The van der Waals surface area contributed by atoms with Crippen molar-refractivity contribution in [3.8, 4) is 61.5 Å². The molecular formula is C58H44N2Si. The van der Waals surface area contributed by atoms with Gasteiger partial charge in [0, 0.05) is 33.7 Å². The molecule has 0 spiro atoms. The van der Waals surface area contributed by atoms with E-state index in [1.807, 2.05) is 0 Å². The van der Waals surface area contributed by atoms with Gasteiger partial charge in [0.2, 0.25) is 0 Å². The smallest absolute Gasteiger partial charge is 0.114 e. The van der Waals surface area contributed by atoms with Crippen LogP contribution in [0, 0.1) is 0 Å². The molecule has 0 saturated heterocycles. The maximum Gasteiger partial charge on any atom is 0.114 e. The molecule has 1 aliphatic rings. The molecule has 1 aliphatic heterocycles. The SMILES string of the molecule is C[Si]1(C)c2cc(N(c3ccc(-c4ccccc4)cc3)c3ccc(-c4ccccc4)cc3)ccc2-c2ccc(-n3c(-c4ccccc4)c(-c4ccccc4)c4ccccc43)cc21. The average Bonchev–Trinajstić information content (AvgIpc) is 3.79. The van der Waals surface area contributed by atoms with Gasteiger partial charge in [-0.25, -0.2) is 0 Å². The zero-order chi connectivity index (χ0) is 40.9. The van der Waals surface area contributed by atoms with E-state index in [1.54, 1.807) is 0 Å². The van der Waals surface area contributed by atoms with Gasteiger partial charge in [0.25, 0.3) is 0 Å². The van der Waals surface area contributed by atoms with Crippen LogP contribution in [-0.2, 0) is 0 Å². The minimum absolute atomic E-state index is 1.13. The first-order valence-electron chi connectivity index (χ1n) is 21.2. The Bertz CT molecular complexity index is 3090. The largest absolute Gasteiger partial charge is 0.311 e. The summed E-state index contributed by atoms with van der Waals surface area (Å²) in [4.78, 5) is 2.42. The molecule has 10 aromatic rings. The number of hydrogen-bond donors (Lipinski definition) is 0. The normalized spacial score (nSPS) is 12.6. The summed E-state index contributed by atoms with van der Waals surface area (Å²) < 4.78 is 2.51. The summed E-state index contributed by atoms with van der Waals surface area (Å²) in [6.45, 7) is 5.06. The Kier molecular flexibility index (Phi) is 8.98. The Hall–Kier alpha value is -7.46. The second-order valence-electron chi connectivity index (χ2n) is 16.6. The van der Waals surface area contributed by atoms with Gasteiger partial charge in [0.1, 0.15) is 8.07 Å². The van der Waals surface area contributed by atoms with Gasteiger partial charge >= 0.3 is 0 Å². The number of benzene rings is 9. The van der Waals surface area contributed by atoms with Crippen LogP contribution in [0.3, 0.4) is 0 Å². The molecule has 61 heavy (non-hydrogen) atoms. The Morgan fingerprint density at radius 1 is 0.361 bits per heavy atom. The van der Waals surface area contributed by atoms with Crippen LogP contribution < -0.4 is 15.3 Å². The molecular weight excluding hydrogens is 753 g/mol. The summed E-state index contributed by atoms with van der Waals surface area (Å²) in [7, 11) is -2.19. The van der Waals surface area contributed by atoms with Crippen LogP contribution in [0.4, 0.5) is 17.1 Å². The number of nitrogens with zero attached hydrogens (tertiary/aromatic N) is 2. The molecule has 11 rings (SSSR count). The van der Waals surface area contributed by atoms with Crippen molar-refractivity contribution >= 4 is 46.4 Å². The van der Waals surface area contributed by atoms with Crippen LogP contribution in [0.25, 0.3) is 72.4 Å². The van der Waals surface area contributed by atoms with Crippen molar-refractivity contribution in [3.63, 3.8) is 0 Å². The van der Waals surface area contributed by atoms with Gasteiger partial charge in [-0.2, -0.15) is 0 Å². The molecule has 2 nitrogen and oxygen atoms in total. The average molecular weight is 797 g/mol. The summed E-state index contributed by atoms with van der Waals surface area (Å²) >= 11 is 0. The quantitative estimate of drug-likeness (QED) is 0.139. The predicted octanol–water partition coefficient (Wildman–Crippen LogP) is 14.6. The maximum absolute atomic E-state index is 2.53. The first-order chi connectivity index (χ1) is 30.0. The van der Waals surface area contributed by atoms with E-state index in [9.17, 15) is 0 Å².